The Morgan fingerprint density at radius 1 is 1.04 bits per heavy atom. The fourth-order valence-electron chi connectivity index (χ4n) is 2.16. The molecule has 142 valence electrons. The van der Waals surface area contributed by atoms with Gasteiger partial charge in [-0.2, -0.15) is 0 Å². The molecule has 1 aromatic carbocycles. The summed E-state index contributed by atoms with van der Waals surface area (Å²) in [6, 6.07) is 7.76. The second-order valence-electron chi connectivity index (χ2n) is 6.04. The summed E-state index contributed by atoms with van der Waals surface area (Å²) in [5, 5.41) is 11.0. The van der Waals surface area contributed by atoms with Crippen molar-refractivity contribution in [3.8, 4) is 11.5 Å². The summed E-state index contributed by atoms with van der Waals surface area (Å²) in [4.78, 5) is -0.0414. The molecule has 0 amide bonds. The van der Waals surface area contributed by atoms with E-state index in [-0.39, 0.29) is 16.5 Å². The van der Waals surface area contributed by atoms with E-state index < -0.39 is 10.0 Å². The molecule has 1 aromatic heterocycles. The van der Waals surface area contributed by atoms with E-state index in [1.54, 1.807) is 18.2 Å². The zero-order valence-corrected chi connectivity index (χ0v) is 16.1. The fourth-order valence-corrected chi connectivity index (χ4v) is 3.34. The molecule has 0 fully saturated rings. The van der Waals surface area contributed by atoms with Crippen LogP contribution in [0.5, 0.6) is 11.5 Å². The molecule has 2 rings (SSSR count). The van der Waals surface area contributed by atoms with Gasteiger partial charge in [0.2, 0.25) is 0 Å². The van der Waals surface area contributed by atoms with E-state index in [1.807, 2.05) is 0 Å². The van der Waals surface area contributed by atoms with Gasteiger partial charge in [-0.05, 0) is 36.6 Å². The zero-order valence-electron chi connectivity index (χ0n) is 15.3. The summed E-state index contributed by atoms with van der Waals surface area (Å²) >= 11 is 0. The number of nitrogens with one attached hydrogen (secondary N) is 2. The first kappa shape index (κ1) is 19.8. The van der Waals surface area contributed by atoms with E-state index in [4.69, 9.17) is 9.47 Å². The molecule has 0 bridgehead atoms. The molecule has 2 aromatic rings. The van der Waals surface area contributed by atoms with E-state index in [0.717, 1.165) is 13.0 Å². The first-order chi connectivity index (χ1) is 12.4. The van der Waals surface area contributed by atoms with E-state index in [2.05, 4.69) is 34.1 Å². The maximum atomic E-state index is 12.7. The van der Waals surface area contributed by atoms with Crippen molar-refractivity contribution in [1.29, 1.82) is 0 Å². The molecule has 8 nitrogen and oxygen atoms in total. The van der Waals surface area contributed by atoms with Crippen LogP contribution in [0.2, 0.25) is 0 Å². The highest BCUT2D eigenvalue weighted by molar-refractivity contribution is 7.92. The predicted molar refractivity (Wildman–Crippen MR) is 100 cm³/mol. The lowest BCUT2D eigenvalue weighted by Crippen LogP contribution is -2.16. The van der Waals surface area contributed by atoms with Gasteiger partial charge in [-0.1, -0.05) is 13.8 Å². The van der Waals surface area contributed by atoms with Crippen LogP contribution in [0.25, 0.3) is 0 Å². The average molecular weight is 380 g/mol. The van der Waals surface area contributed by atoms with Gasteiger partial charge >= 0.3 is 0 Å². The number of nitrogens with zero attached hydrogens (tertiary/aromatic N) is 2. The Balaban J connectivity index is 2.14. The maximum Gasteiger partial charge on any atom is 0.266 e. The van der Waals surface area contributed by atoms with Crippen LogP contribution in [0.1, 0.15) is 20.3 Å². The van der Waals surface area contributed by atoms with Gasteiger partial charge in [0.1, 0.15) is 22.2 Å². The molecule has 0 radical (unpaired) electrons. The Morgan fingerprint density at radius 2 is 1.73 bits per heavy atom. The predicted octanol–water partition coefficient (Wildman–Crippen LogP) is 2.75. The van der Waals surface area contributed by atoms with Gasteiger partial charge in [-0.15, -0.1) is 10.2 Å². The van der Waals surface area contributed by atoms with E-state index in [1.165, 1.54) is 26.4 Å². The SMILES string of the molecule is COc1ccc(OC)c(S(=O)(=O)Nc2ccc(NCCC(C)C)nn2)c1. The molecule has 0 aliphatic carbocycles. The molecule has 9 heteroatoms. The average Bonchev–Trinajstić information content (AvgIpc) is 2.62. The highest BCUT2D eigenvalue weighted by Gasteiger charge is 2.21. The lowest BCUT2D eigenvalue weighted by molar-refractivity contribution is 0.392. The third kappa shape index (κ3) is 5.22. The van der Waals surface area contributed by atoms with Crippen LogP contribution in [0.15, 0.2) is 35.2 Å². The van der Waals surface area contributed by atoms with E-state index >= 15 is 0 Å². The summed E-state index contributed by atoms with van der Waals surface area (Å²) < 4.78 is 37.9. The van der Waals surface area contributed by atoms with Crippen LogP contribution in [-0.4, -0.2) is 39.4 Å². The van der Waals surface area contributed by atoms with Crippen molar-refractivity contribution < 1.29 is 17.9 Å². The minimum atomic E-state index is -3.91. The van der Waals surface area contributed by atoms with E-state index in [9.17, 15) is 8.42 Å². The summed E-state index contributed by atoms with van der Waals surface area (Å²) in [5.74, 6) is 1.90. The molecule has 0 saturated heterocycles. The highest BCUT2D eigenvalue weighted by atomic mass is 32.2. The first-order valence-electron chi connectivity index (χ1n) is 8.18. The molecule has 0 aliphatic heterocycles. The monoisotopic (exact) mass is 380 g/mol. The molecule has 2 N–H and O–H groups in total. The quantitative estimate of drug-likeness (QED) is 0.689. The van der Waals surface area contributed by atoms with Crippen molar-refractivity contribution in [2.45, 2.75) is 25.2 Å². The Morgan fingerprint density at radius 3 is 2.31 bits per heavy atom. The molecule has 0 unspecified atom stereocenters. The summed E-state index contributed by atoms with van der Waals surface area (Å²) in [6.45, 7) is 5.05. The Labute approximate surface area is 154 Å². The highest BCUT2D eigenvalue weighted by Crippen LogP contribution is 2.29. The van der Waals surface area contributed by atoms with Gasteiger partial charge in [0.15, 0.2) is 5.82 Å². The van der Waals surface area contributed by atoms with Crippen molar-refractivity contribution in [3.63, 3.8) is 0 Å². The van der Waals surface area contributed by atoms with Crippen LogP contribution in [-0.2, 0) is 10.0 Å². The van der Waals surface area contributed by atoms with Crippen LogP contribution in [0.4, 0.5) is 11.6 Å². The largest absolute Gasteiger partial charge is 0.497 e. The van der Waals surface area contributed by atoms with Crippen LogP contribution in [0, 0.1) is 5.92 Å². The van der Waals surface area contributed by atoms with Crippen molar-refractivity contribution in [2.75, 3.05) is 30.8 Å². The normalized spacial score (nSPS) is 11.3. The lowest BCUT2D eigenvalue weighted by Gasteiger charge is -2.12. The molecule has 0 aliphatic rings. The van der Waals surface area contributed by atoms with Crippen molar-refractivity contribution in [2.24, 2.45) is 5.92 Å². The number of hydrogen-bond donors (Lipinski definition) is 2. The smallest absolute Gasteiger partial charge is 0.266 e. The number of anilines is 2. The number of sulfonamides is 1. The number of hydrogen-bond acceptors (Lipinski definition) is 7. The molecule has 0 atom stereocenters. The fraction of sp³-hybridized carbons (Fsp3) is 0.412. The molecular weight excluding hydrogens is 356 g/mol. The van der Waals surface area contributed by atoms with Gasteiger partial charge in [0, 0.05) is 12.6 Å². The van der Waals surface area contributed by atoms with Gasteiger partial charge < -0.3 is 14.8 Å². The Kier molecular flexibility index (Phi) is 6.62. The number of benzene rings is 1. The maximum absolute atomic E-state index is 12.7. The second-order valence-corrected chi connectivity index (χ2v) is 7.69. The summed E-state index contributed by atoms with van der Waals surface area (Å²) in [7, 11) is -1.05. The standard InChI is InChI=1S/C17H24N4O4S/c1-12(2)9-10-18-16-7-8-17(20-19-16)21-26(22,23)15-11-13(24-3)5-6-14(15)25-4/h5-8,11-12H,9-10H2,1-4H3,(H,18,19)(H,20,21). The van der Waals surface area contributed by atoms with Gasteiger partial charge in [-0.25, -0.2) is 8.42 Å². The molecular formula is C17H24N4O4S. The van der Waals surface area contributed by atoms with Crippen molar-refractivity contribution in [1.82, 2.24) is 10.2 Å². The first-order valence-corrected chi connectivity index (χ1v) is 9.66. The third-order valence-electron chi connectivity index (χ3n) is 3.59. The van der Waals surface area contributed by atoms with Crippen LogP contribution >= 0.6 is 0 Å². The molecule has 0 saturated carbocycles. The van der Waals surface area contributed by atoms with Crippen LogP contribution in [0.3, 0.4) is 0 Å². The van der Waals surface area contributed by atoms with E-state index in [0.29, 0.717) is 17.5 Å². The topological polar surface area (TPSA) is 102 Å². The summed E-state index contributed by atoms with van der Waals surface area (Å²) in [6.07, 6.45) is 1.01. The minimum absolute atomic E-state index is 0.0414. The van der Waals surface area contributed by atoms with Gasteiger partial charge in [-0.3, -0.25) is 4.72 Å². The minimum Gasteiger partial charge on any atom is -0.497 e. The zero-order chi connectivity index (χ0) is 19.2. The lowest BCUT2D eigenvalue weighted by atomic mass is 10.1. The Hall–Kier alpha value is -2.55. The van der Waals surface area contributed by atoms with Crippen LogP contribution < -0.4 is 19.5 Å². The molecule has 26 heavy (non-hydrogen) atoms. The van der Waals surface area contributed by atoms with Gasteiger partial charge in [0.25, 0.3) is 10.0 Å². The molecule has 0 spiro atoms. The molecule has 1 heterocycles. The third-order valence-corrected chi connectivity index (χ3v) is 4.97. The number of ether oxygens (including phenoxy) is 2. The van der Waals surface area contributed by atoms with Crippen molar-refractivity contribution >= 4 is 21.7 Å². The number of methoxy groups -OCH3 is 2. The number of aromatic nitrogens is 2. The Bertz CT molecular complexity index is 823. The van der Waals surface area contributed by atoms with Gasteiger partial charge in [0.05, 0.1) is 14.2 Å². The second kappa shape index (κ2) is 8.70. The number of rotatable bonds is 9. The van der Waals surface area contributed by atoms with Crippen molar-refractivity contribution in [3.05, 3.63) is 30.3 Å². The summed E-state index contributed by atoms with van der Waals surface area (Å²) in [5.41, 5.74) is 0.